The van der Waals surface area contributed by atoms with Gasteiger partial charge in [0.2, 0.25) is 5.91 Å². The molecule has 1 aliphatic carbocycles. The van der Waals surface area contributed by atoms with Crippen LogP contribution >= 0.6 is 0 Å². The Morgan fingerprint density at radius 3 is 2.58 bits per heavy atom. The molecule has 4 rings (SSSR count). The van der Waals surface area contributed by atoms with Crippen LogP contribution in [0, 0.1) is 0 Å². The molecule has 2 N–H and O–H groups in total. The first-order valence-corrected chi connectivity index (χ1v) is 9.61. The molecular weight excluding hydrogens is 398 g/mol. The van der Waals surface area contributed by atoms with Crippen molar-refractivity contribution in [1.82, 2.24) is 0 Å². The van der Waals surface area contributed by atoms with Crippen LogP contribution in [0.25, 0.3) is 22.6 Å². The number of anilines is 1. The summed E-state index contributed by atoms with van der Waals surface area (Å²) in [5.41, 5.74) is 3.21. The van der Waals surface area contributed by atoms with Crippen LogP contribution in [-0.2, 0) is 16.0 Å². The molecule has 7 heteroatoms. The lowest BCUT2D eigenvalue weighted by Gasteiger charge is -2.07. The van der Waals surface area contributed by atoms with Crippen molar-refractivity contribution in [3.05, 3.63) is 81.7 Å². The van der Waals surface area contributed by atoms with E-state index < -0.39 is 11.9 Å². The van der Waals surface area contributed by atoms with Crippen LogP contribution in [0.4, 0.5) is 5.69 Å². The maximum atomic E-state index is 12.9. The van der Waals surface area contributed by atoms with E-state index in [1.54, 1.807) is 25.3 Å². The van der Waals surface area contributed by atoms with Crippen molar-refractivity contribution in [2.24, 2.45) is 0 Å². The lowest BCUT2D eigenvalue weighted by Crippen LogP contribution is -2.11. The van der Waals surface area contributed by atoms with Crippen LogP contribution in [-0.4, -0.2) is 24.1 Å². The van der Waals surface area contributed by atoms with Crippen LogP contribution in [0.2, 0.25) is 0 Å². The number of hydrogen-bond acceptors (Lipinski definition) is 5. The monoisotopic (exact) mass is 417 g/mol. The van der Waals surface area contributed by atoms with Crippen LogP contribution in [0.5, 0.6) is 5.75 Å². The Bertz CT molecular complexity index is 1300. The van der Waals surface area contributed by atoms with Crippen molar-refractivity contribution >= 4 is 40.2 Å². The SMILES string of the molecule is COc1ccc(/C=C2\CCc3c2oc2cc(NC(=O)/C=C\C(=O)O)ccc2c3=O)cc1. The van der Waals surface area contributed by atoms with Gasteiger partial charge in [0.1, 0.15) is 17.1 Å². The minimum atomic E-state index is -1.22. The fourth-order valence-corrected chi connectivity index (χ4v) is 3.54. The van der Waals surface area contributed by atoms with Gasteiger partial charge < -0.3 is 19.6 Å². The van der Waals surface area contributed by atoms with Gasteiger partial charge in [-0.3, -0.25) is 9.59 Å². The number of carbonyl (C=O) groups is 2. The van der Waals surface area contributed by atoms with E-state index in [9.17, 15) is 14.4 Å². The van der Waals surface area contributed by atoms with E-state index in [1.165, 1.54) is 0 Å². The molecule has 3 aromatic rings. The summed E-state index contributed by atoms with van der Waals surface area (Å²) in [6.07, 6.45) is 4.96. The quantitative estimate of drug-likeness (QED) is 0.611. The lowest BCUT2D eigenvalue weighted by atomic mass is 10.1. The Labute approximate surface area is 177 Å². The molecule has 7 nitrogen and oxygen atoms in total. The first kappa shape index (κ1) is 20.2. The number of ether oxygens (including phenoxy) is 1. The number of carboxylic acid groups (broad SMARTS) is 1. The molecule has 0 radical (unpaired) electrons. The Morgan fingerprint density at radius 2 is 1.87 bits per heavy atom. The van der Waals surface area contributed by atoms with E-state index in [0.29, 0.717) is 40.8 Å². The Kier molecular flexibility index (Phi) is 5.41. The number of allylic oxidation sites excluding steroid dienone is 1. The van der Waals surface area contributed by atoms with E-state index in [0.717, 1.165) is 29.0 Å². The van der Waals surface area contributed by atoms with Crippen LogP contribution < -0.4 is 15.5 Å². The van der Waals surface area contributed by atoms with Gasteiger partial charge in [0.25, 0.3) is 0 Å². The normalized spacial score (nSPS) is 14.2. The van der Waals surface area contributed by atoms with Gasteiger partial charge in [-0.25, -0.2) is 4.79 Å². The highest BCUT2D eigenvalue weighted by Gasteiger charge is 2.24. The van der Waals surface area contributed by atoms with Crippen molar-refractivity contribution in [1.29, 1.82) is 0 Å². The van der Waals surface area contributed by atoms with E-state index in [2.05, 4.69) is 5.32 Å². The molecule has 1 amide bonds. The highest BCUT2D eigenvalue weighted by Crippen LogP contribution is 2.34. The van der Waals surface area contributed by atoms with Gasteiger partial charge in [0, 0.05) is 29.5 Å². The van der Waals surface area contributed by atoms with Crippen LogP contribution in [0.1, 0.15) is 23.3 Å². The predicted molar refractivity (Wildman–Crippen MR) is 117 cm³/mol. The van der Waals surface area contributed by atoms with E-state index in [4.69, 9.17) is 14.3 Å². The number of fused-ring (bicyclic) bond motifs is 2. The Balaban J connectivity index is 1.69. The maximum absolute atomic E-state index is 12.9. The van der Waals surface area contributed by atoms with Gasteiger partial charge in [-0.05, 0) is 54.3 Å². The minimum absolute atomic E-state index is 0.0852. The second kappa shape index (κ2) is 8.31. The van der Waals surface area contributed by atoms with Gasteiger partial charge in [0.15, 0.2) is 5.43 Å². The van der Waals surface area contributed by atoms with Crippen molar-refractivity contribution in [3.8, 4) is 5.75 Å². The van der Waals surface area contributed by atoms with Gasteiger partial charge in [-0.1, -0.05) is 12.1 Å². The van der Waals surface area contributed by atoms with Crippen molar-refractivity contribution < 1.29 is 23.8 Å². The van der Waals surface area contributed by atoms with Crippen molar-refractivity contribution in [2.75, 3.05) is 12.4 Å². The highest BCUT2D eigenvalue weighted by molar-refractivity contribution is 6.03. The maximum Gasteiger partial charge on any atom is 0.328 e. The topological polar surface area (TPSA) is 106 Å². The van der Waals surface area contributed by atoms with Crippen LogP contribution in [0.3, 0.4) is 0 Å². The molecule has 0 bridgehead atoms. The first-order chi connectivity index (χ1) is 14.9. The number of amides is 1. The zero-order chi connectivity index (χ0) is 22.0. The van der Waals surface area contributed by atoms with E-state index in [-0.39, 0.29) is 5.43 Å². The summed E-state index contributed by atoms with van der Waals surface area (Å²) in [5, 5.41) is 11.6. The molecule has 0 saturated heterocycles. The average molecular weight is 417 g/mol. The van der Waals surface area contributed by atoms with Gasteiger partial charge in [-0.2, -0.15) is 0 Å². The van der Waals surface area contributed by atoms with Gasteiger partial charge >= 0.3 is 5.97 Å². The number of methoxy groups -OCH3 is 1. The lowest BCUT2D eigenvalue weighted by molar-refractivity contribution is -0.131. The second-order valence-corrected chi connectivity index (χ2v) is 7.05. The predicted octanol–water partition coefficient (Wildman–Crippen LogP) is 3.87. The highest BCUT2D eigenvalue weighted by atomic mass is 16.5. The van der Waals surface area contributed by atoms with Gasteiger partial charge in [-0.15, -0.1) is 0 Å². The molecule has 0 atom stereocenters. The third-order valence-corrected chi connectivity index (χ3v) is 5.02. The zero-order valence-electron chi connectivity index (χ0n) is 16.7. The zero-order valence-corrected chi connectivity index (χ0v) is 16.7. The number of carboxylic acids is 1. The summed E-state index contributed by atoms with van der Waals surface area (Å²) in [6.45, 7) is 0. The Hall–Kier alpha value is -4.13. The van der Waals surface area contributed by atoms with E-state index in [1.807, 2.05) is 30.3 Å². The number of hydrogen-bond donors (Lipinski definition) is 2. The largest absolute Gasteiger partial charge is 0.497 e. The first-order valence-electron chi connectivity index (χ1n) is 9.61. The summed E-state index contributed by atoms with van der Waals surface area (Å²) in [7, 11) is 1.61. The summed E-state index contributed by atoms with van der Waals surface area (Å²) < 4.78 is 11.3. The third-order valence-electron chi connectivity index (χ3n) is 5.02. The fraction of sp³-hybridized carbons (Fsp3) is 0.125. The standard InChI is InChI=1S/C24H19NO6/c1-30-17-6-2-14(3-7-17)12-15-4-8-19-23(29)18-9-5-16(13-20(18)31-24(15)19)25-21(26)10-11-22(27)28/h2-3,5-7,9-13H,4,8H2,1H3,(H,25,26)(H,27,28)/b11-10-,15-12+. The smallest absolute Gasteiger partial charge is 0.328 e. The third kappa shape index (κ3) is 4.25. The number of carbonyl (C=O) groups excluding carboxylic acids is 1. The molecule has 156 valence electrons. The molecule has 31 heavy (non-hydrogen) atoms. The second-order valence-electron chi connectivity index (χ2n) is 7.05. The molecule has 0 spiro atoms. The minimum Gasteiger partial charge on any atom is -0.497 e. The molecule has 1 aliphatic rings. The molecular formula is C24H19NO6. The molecule has 1 heterocycles. The van der Waals surface area contributed by atoms with E-state index >= 15 is 0 Å². The summed E-state index contributed by atoms with van der Waals surface area (Å²) in [6, 6.07) is 12.3. The van der Waals surface area contributed by atoms with Gasteiger partial charge in [0.05, 0.1) is 12.5 Å². The van der Waals surface area contributed by atoms with Crippen molar-refractivity contribution in [2.45, 2.75) is 12.8 Å². The average Bonchev–Trinajstić information content (AvgIpc) is 3.15. The number of rotatable bonds is 5. The summed E-state index contributed by atoms with van der Waals surface area (Å²) in [5.74, 6) is -0.487. The molecule has 2 aromatic carbocycles. The Morgan fingerprint density at radius 1 is 1.10 bits per heavy atom. The molecule has 0 aliphatic heterocycles. The number of aliphatic carboxylic acids is 1. The molecule has 0 fully saturated rings. The molecule has 1 aromatic heterocycles. The number of nitrogens with one attached hydrogen (secondary N) is 1. The number of benzene rings is 2. The van der Waals surface area contributed by atoms with Crippen molar-refractivity contribution in [3.63, 3.8) is 0 Å². The summed E-state index contributed by atoms with van der Waals surface area (Å²) in [4.78, 5) is 35.3. The molecule has 0 unspecified atom stereocenters. The fourth-order valence-electron chi connectivity index (χ4n) is 3.54. The molecule has 0 saturated carbocycles. The van der Waals surface area contributed by atoms with Crippen LogP contribution in [0.15, 0.2) is 63.8 Å². The summed E-state index contributed by atoms with van der Waals surface area (Å²) >= 11 is 0.